The molecule has 3 rings (SSSR count). The van der Waals surface area contributed by atoms with Crippen molar-refractivity contribution < 1.29 is 32.2 Å². The molecule has 1 N–H and O–H groups in total. The quantitative estimate of drug-likeness (QED) is 0.606. The first-order chi connectivity index (χ1) is 13.1. The molecule has 0 aliphatic rings. The number of alkyl halides is 3. The second-order valence-corrected chi connectivity index (χ2v) is 6.09. The lowest BCUT2D eigenvalue weighted by atomic mass is 10.1. The van der Waals surface area contributed by atoms with Crippen molar-refractivity contribution in [1.29, 1.82) is 0 Å². The first kappa shape index (κ1) is 19.7. The van der Waals surface area contributed by atoms with Gasteiger partial charge in [0.15, 0.2) is 5.82 Å². The van der Waals surface area contributed by atoms with Gasteiger partial charge in [0.05, 0.1) is 29.5 Å². The molecule has 0 bridgehead atoms. The van der Waals surface area contributed by atoms with Crippen LogP contribution in [0.15, 0.2) is 42.7 Å². The molecule has 0 aliphatic carbocycles. The Bertz CT molecular complexity index is 1060. The van der Waals surface area contributed by atoms with Crippen LogP contribution in [0.3, 0.4) is 0 Å². The predicted octanol–water partition coefficient (Wildman–Crippen LogP) is 5.06. The number of aromatic nitrogens is 2. The van der Waals surface area contributed by atoms with Gasteiger partial charge in [-0.2, -0.15) is 18.3 Å². The van der Waals surface area contributed by atoms with E-state index in [2.05, 4.69) is 5.10 Å². The number of carboxylic acid groups (broad SMARTS) is 1. The van der Waals surface area contributed by atoms with E-state index in [1.54, 1.807) is 0 Å². The Morgan fingerprint density at radius 3 is 2.54 bits per heavy atom. The molecule has 1 heterocycles. The van der Waals surface area contributed by atoms with E-state index in [1.807, 2.05) is 0 Å². The Morgan fingerprint density at radius 1 is 1.21 bits per heavy atom. The van der Waals surface area contributed by atoms with E-state index in [9.17, 15) is 22.4 Å². The number of ether oxygens (including phenoxy) is 1. The van der Waals surface area contributed by atoms with Gasteiger partial charge >= 0.3 is 12.1 Å². The van der Waals surface area contributed by atoms with Gasteiger partial charge in [0.25, 0.3) is 0 Å². The number of hydrogen-bond acceptors (Lipinski definition) is 3. The van der Waals surface area contributed by atoms with Crippen LogP contribution in [0.5, 0.6) is 5.75 Å². The normalized spacial score (nSPS) is 11.5. The largest absolute Gasteiger partial charge is 0.494 e. The first-order valence-electron chi connectivity index (χ1n) is 7.65. The number of halogens is 5. The van der Waals surface area contributed by atoms with E-state index in [-0.39, 0.29) is 22.0 Å². The summed E-state index contributed by atoms with van der Waals surface area (Å²) in [5, 5.41) is 13.2. The summed E-state index contributed by atoms with van der Waals surface area (Å²) in [6.45, 7) is 0. The van der Waals surface area contributed by atoms with Crippen LogP contribution < -0.4 is 4.74 Å². The third-order valence-electron chi connectivity index (χ3n) is 3.92. The smallest absolute Gasteiger partial charge is 0.416 e. The van der Waals surface area contributed by atoms with Gasteiger partial charge in [-0.05, 0) is 29.8 Å². The second-order valence-electron chi connectivity index (χ2n) is 5.68. The summed E-state index contributed by atoms with van der Waals surface area (Å²) in [6, 6.07) is 5.26. The van der Waals surface area contributed by atoms with Crippen molar-refractivity contribution in [2.45, 2.75) is 6.18 Å². The molecule has 3 aromatic rings. The summed E-state index contributed by atoms with van der Waals surface area (Å²) in [5.74, 6) is -2.76. The molecule has 0 fully saturated rings. The summed E-state index contributed by atoms with van der Waals surface area (Å²) in [5.41, 5.74) is -0.805. The van der Waals surface area contributed by atoms with Gasteiger partial charge in [-0.25, -0.2) is 13.9 Å². The zero-order chi connectivity index (χ0) is 20.6. The number of carboxylic acids is 1. The highest BCUT2D eigenvalue weighted by atomic mass is 35.5. The molecule has 5 nitrogen and oxygen atoms in total. The zero-order valence-corrected chi connectivity index (χ0v) is 14.8. The van der Waals surface area contributed by atoms with Crippen molar-refractivity contribution >= 4 is 17.6 Å². The molecule has 0 saturated carbocycles. The number of rotatable bonds is 4. The van der Waals surface area contributed by atoms with Gasteiger partial charge < -0.3 is 9.84 Å². The third kappa shape index (κ3) is 3.65. The molecule has 0 atom stereocenters. The summed E-state index contributed by atoms with van der Waals surface area (Å²) in [7, 11) is 1.11. The molecule has 0 spiro atoms. The molecule has 0 radical (unpaired) electrons. The van der Waals surface area contributed by atoms with Crippen LogP contribution in [0.2, 0.25) is 5.02 Å². The molecule has 2 aromatic carbocycles. The fourth-order valence-electron chi connectivity index (χ4n) is 2.58. The maximum Gasteiger partial charge on any atom is 0.416 e. The van der Waals surface area contributed by atoms with E-state index in [1.165, 1.54) is 30.6 Å². The van der Waals surface area contributed by atoms with Crippen molar-refractivity contribution in [2.24, 2.45) is 0 Å². The van der Waals surface area contributed by atoms with E-state index >= 15 is 0 Å². The molecule has 0 saturated heterocycles. The third-order valence-corrected chi connectivity index (χ3v) is 4.25. The summed E-state index contributed by atoms with van der Waals surface area (Å²) < 4.78 is 59.0. The monoisotopic (exact) mass is 414 g/mol. The fourth-order valence-corrected chi connectivity index (χ4v) is 2.78. The average molecular weight is 415 g/mol. The number of nitrogens with zero attached hydrogens (tertiary/aromatic N) is 2. The Labute approximate surface area is 160 Å². The highest BCUT2D eigenvalue weighted by Gasteiger charge is 2.33. The van der Waals surface area contributed by atoms with Crippen LogP contribution in [0, 0.1) is 5.82 Å². The van der Waals surface area contributed by atoms with Crippen LogP contribution in [-0.4, -0.2) is 28.0 Å². The average Bonchev–Trinajstić information content (AvgIpc) is 3.09. The predicted molar refractivity (Wildman–Crippen MR) is 92.5 cm³/mol. The Morgan fingerprint density at radius 2 is 1.93 bits per heavy atom. The molecule has 28 heavy (non-hydrogen) atoms. The van der Waals surface area contributed by atoms with Crippen LogP contribution in [0.1, 0.15) is 15.9 Å². The van der Waals surface area contributed by atoms with Crippen molar-refractivity contribution in [1.82, 2.24) is 9.78 Å². The summed E-state index contributed by atoms with van der Waals surface area (Å²) in [6.07, 6.45) is -2.09. The van der Waals surface area contributed by atoms with Gasteiger partial charge in [0.2, 0.25) is 0 Å². The van der Waals surface area contributed by atoms with Crippen molar-refractivity contribution in [3.8, 4) is 22.6 Å². The molecule has 0 unspecified atom stereocenters. The van der Waals surface area contributed by atoms with E-state index in [0.29, 0.717) is 23.3 Å². The lowest BCUT2D eigenvalue weighted by molar-refractivity contribution is -0.137. The van der Waals surface area contributed by atoms with E-state index in [0.717, 1.165) is 11.8 Å². The standard InChI is InChI=1S/C18H11ClF4N2O3/c1-28-15-6-11(18(21,22)23)5-14(20)16(15)25-8-10(7-24-25)9-2-3-13(19)12(4-9)17(26)27/h2-8H,1H3,(H,26,27). The lowest BCUT2D eigenvalue weighted by Crippen LogP contribution is -2.09. The molecule has 146 valence electrons. The van der Waals surface area contributed by atoms with Gasteiger partial charge in [-0.15, -0.1) is 0 Å². The highest BCUT2D eigenvalue weighted by Crippen LogP contribution is 2.36. The van der Waals surface area contributed by atoms with Crippen molar-refractivity contribution in [3.05, 3.63) is 64.7 Å². The highest BCUT2D eigenvalue weighted by molar-refractivity contribution is 6.33. The number of benzene rings is 2. The minimum atomic E-state index is -4.74. The van der Waals surface area contributed by atoms with Crippen LogP contribution >= 0.6 is 11.6 Å². The Hall–Kier alpha value is -3.07. The van der Waals surface area contributed by atoms with Gasteiger partial charge in [0, 0.05) is 11.8 Å². The number of aromatic carboxylic acids is 1. The number of carbonyl (C=O) groups is 1. The topological polar surface area (TPSA) is 64.3 Å². The molecular formula is C18H11ClF4N2O3. The number of hydrogen-bond donors (Lipinski definition) is 1. The fraction of sp³-hybridized carbons (Fsp3) is 0.111. The van der Waals surface area contributed by atoms with Crippen molar-refractivity contribution in [3.63, 3.8) is 0 Å². The molecule has 10 heteroatoms. The maximum atomic E-state index is 14.4. The summed E-state index contributed by atoms with van der Waals surface area (Å²) >= 11 is 5.83. The van der Waals surface area contributed by atoms with Crippen molar-refractivity contribution in [2.75, 3.05) is 7.11 Å². The SMILES string of the molecule is COc1cc(C(F)(F)F)cc(F)c1-n1cc(-c2ccc(Cl)c(C(=O)O)c2)cn1. The minimum absolute atomic E-state index is 0.0408. The van der Waals surface area contributed by atoms with Gasteiger partial charge in [-0.3, -0.25) is 0 Å². The molecule has 0 aliphatic heterocycles. The Kier molecular flexibility index (Phi) is 5.03. The first-order valence-corrected chi connectivity index (χ1v) is 8.02. The second kappa shape index (κ2) is 7.16. The van der Waals surface area contributed by atoms with Crippen LogP contribution in [0.4, 0.5) is 17.6 Å². The molecule has 1 aromatic heterocycles. The summed E-state index contributed by atoms with van der Waals surface area (Å²) in [4.78, 5) is 11.2. The minimum Gasteiger partial charge on any atom is -0.494 e. The van der Waals surface area contributed by atoms with Crippen LogP contribution in [0.25, 0.3) is 16.8 Å². The maximum absolute atomic E-state index is 14.4. The molecular weight excluding hydrogens is 404 g/mol. The molecule has 0 amide bonds. The number of methoxy groups -OCH3 is 1. The van der Waals surface area contributed by atoms with E-state index < -0.39 is 23.5 Å². The Balaban J connectivity index is 2.08. The van der Waals surface area contributed by atoms with Gasteiger partial charge in [0.1, 0.15) is 11.4 Å². The van der Waals surface area contributed by atoms with Crippen LogP contribution in [-0.2, 0) is 6.18 Å². The zero-order valence-electron chi connectivity index (χ0n) is 14.1. The van der Waals surface area contributed by atoms with Gasteiger partial charge in [-0.1, -0.05) is 17.7 Å². The lowest BCUT2D eigenvalue weighted by Gasteiger charge is -2.13. The van der Waals surface area contributed by atoms with E-state index in [4.69, 9.17) is 21.4 Å².